The summed E-state index contributed by atoms with van der Waals surface area (Å²) >= 11 is 3.24. The third kappa shape index (κ3) is 3.35. The molecule has 0 heterocycles. The number of nitrogens with one attached hydrogen (secondary N) is 1. The second-order valence-electron chi connectivity index (χ2n) is 4.37. The summed E-state index contributed by atoms with van der Waals surface area (Å²) in [5, 5.41) is 3.04. The van der Waals surface area contributed by atoms with Crippen LogP contribution in [0.5, 0.6) is 11.5 Å². The van der Waals surface area contributed by atoms with Crippen LogP contribution in [0.4, 0.5) is 8.78 Å². The van der Waals surface area contributed by atoms with Crippen LogP contribution >= 0.6 is 15.9 Å². The molecule has 2 rings (SSSR count). The van der Waals surface area contributed by atoms with E-state index < -0.39 is 0 Å². The predicted molar refractivity (Wildman–Crippen MR) is 78.0 cm³/mol. The fourth-order valence-electron chi connectivity index (χ4n) is 1.78. The molecule has 5 heteroatoms. The summed E-state index contributed by atoms with van der Waals surface area (Å²) in [6, 6.07) is 8.40. The van der Waals surface area contributed by atoms with Crippen LogP contribution in [0.15, 0.2) is 40.9 Å². The van der Waals surface area contributed by atoms with Gasteiger partial charge in [0.05, 0.1) is 4.47 Å². The number of benzene rings is 2. The van der Waals surface area contributed by atoms with Gasteiger partial charge < -0.3 is 10.1 Å². The first-order valence-electron chi connectivity index (χ1n) is 6.11. The maximum Gasteiger partial charge on any atom is 0.141 e. The highest BCUT2D eigenvalue weighted by molar-refractivity contribution is 9.10. The summed E-state index contributed by atoms with van der Waals surface area (Å²) in [5.74, 6) is 0.322. The van der Waals surface area contributed by atoms with E-state index in [1.165, 1.54) is 30.3 Å². The van der Waals surface area contributed by atoms with Crippen LogP contribution in [0.2, 0.25) is 0 Å². The van der Waals surface area contributed by atoms with Gasteiger partial charge in [0.2, 0.25) is 0 Å². The molecule has 0 saturated carbocycles. The van der Waals surface area contributed by atoms with Crippen molar-refractivity contribution >= 4 is 15.9 Å². The number of hydrogen-bond donors (Lipinski definition) is 1. The molecule has 0 saturated heterocycles. The standard InChI is InChI=1S/C15H14BrF2NO/c1-9(19-2)12-7-10(17)3-5-14(12)20-15-6-4-11(18)8-13(15)16/h3-9,19H,1-2H3. The molecule has 0 bridgehead atoms. The molecule has 2 aromatic carbocycles. The lowest BCUT2D eigenvalue weighted by Gasteiger charge is -2.17. The van der Waals surface area contributed by atoms with Crippen LogP contribution < -0.4 is 10.1 Å². The minimum Gasteiger partial charge on any atom is -0.456 e. The molecular formula is C15H14BrF2NO. The van der Waals surface area contributed by atoms with Crippen LogP contribution in [-0.2, 0) is 0 Å². The van der Waals surface area contributed by atoms with E-state index in [1.54, 1.807) is 13.1 Å². The van der Waals surface area contributed by atoms with E-state index in [2.05, 4.69) is 21.2 Å². The zero-order valence-corrected chi connectivity index (χ0v) is 12.7. The molecule has 1 unspecified atom stereocenters. The van der Waals surface area contributed by atoms with Gasteiger partial charge >= 0.3 is 0 Å². The first-order valence-corrected chi connectivity index (χ1v) is 6.90. The zero-order valence-electron chi connectivity index (χ0n) is 11.1. The van der Waals surface area contributed by atoms with Crippen molar-refractivity contribution in [2.75, 3.05) is 7.05 Å². The van der Waals surface area contributed by atoms with E-state index in [0.29, 0.717) is 21.5 Å². The van der Waals surface area contributed by atoms with Crippen molar-refractivity contribution in [3.63, 3.8) is 0 Å². The molecule has 2 nitrogen and oxygen atoms in total. The SMILES string of the molecule is CNC(C)c1cc(F)ccc1Oc1ccc(F)cc1Br. The monoisotopic (exact) mass is 341 g/mol. The van der Waals surface area contributed by atoms with Gasteiger partial charge in [0.15, 0.2) is 0 Å². The lowest BCUT2D eigenvalue weighted by atomic mass is 10.1. The van der Waals surface area contributed by atoms with E-state index in [-0.39, 0.29) is 17.7 Å². The Morgan fingerprint density at radius 1 is 1.05 bits per heavy atom. The summed E-state index contributed by atoms with van der Waals surface area (Å²) in [4.78, 5) is 0. The van der Waals surface area contributed by atoms with Crippen LogP contribution in [0.1, 0.15) is 18.5 Å². The van der Waals surface area contributed by atoms with Crippen LogP contribution in [-0.4, -0.2) is 7.05 Å². The Bertz CT molecular complexity index is 619. The average molecular weight is 342 g/mol. The van der Waals surface area contributed by atoms with Gasteiger partial charge in [-0.2, -0.15) is 0 Å². The Labute approximate surface area is 124 Å². The highest BCUT2D eigenvalue weighted by atomic mass is 79.9. The van der Waals surface area contributed by atoms with Crippen molar-refractivity contribution < 1.29 is 13.5 Å². The Morgan fingerprint density at radius 2 is 1.65 bits per heavy atom. The van der Waals surface area contributed by atoms with E-state index in [1.807, 2.05) is 6.92 Å². The smallest absolute Gasteiger partial charge is 0.141 e. The molecule has 0 aromatic heterocycles. The molecule has 0 aliphatic rings. The highest BCUT2D eigenvalue weighted by Gasteiger charge is 2.13. The number of rotatable bonds is 4. The van der Waals surface area contributed by atoms with E-state index in [9.17, 15) is 8.78 Å². The average Bonchev–Trinajstić information content (AvgIpc) is 2.42. The number of ether oxygens (including phenoxy) is 1. The Morgan fingerprint density at radius 3 is 2.25 bits per heavy atom. The van der Waals surface area contributed by atoms with E-state index in [4.69, 9.17) is 4.74 Å². The van der Waals surface area contributed by atoms with Crippen molar-refractivity contribution in [2.24, 2.45) is 0 Å². The molecule has 0 fully saturated rings. The highest BCUT2D eigenvalue weighted by Crippen LogP contribution is 2.34. The van der Waals surface area contributed by atoms with Gasteiger partial charge in [0, 0.05) is 11.6 Å². The van der Waals surface area contributed by atoms with E-state index in [0.717, 1.165) is 0 Å². The van der Waals surface area contributed by atoms with Gasteiger partial charge in [-0.15, -0.1) is 0 Å². The third-order valence-corrected chi connectivity index (χ3v) is 3.60. The second-order valence-corrected chi connectivity index (χ2v) is 5.22. The lowest BCUT2D eigenvalue weighted by molar-refractivity contribution is 0.459. The van der Waals surface area contributed by atoms with Crippen LogP contribution in [0, 0.1) is 11.6 Å². The molecule has 0 spiro atoms. The molecular weight excluding hydrogens is 328 g/mol. The minimum absolute atomic E-state index is 0.0695. The molecule has 0 radical (unpaired) electrons. The summed E-state index contributed by atoms with van der Waals surface area (Å²) in [6.07, 6.45) is 0. The fraction of sp³-hybridized carbons (Fsp3) is 0.200. The predicted octanol–water partition coefficient (Wildman–Crippen LogP) is 4.80. The zero-order chi connectivity index (χ0) is 14.7. The normalized spacial score (nSPS) is 12.2. The van der Waals surface area contributed by atoms with Crippen molar-refractivity contribution in [1.82, 2.24) is 5.32 Å². The summed E-state index contributed by atoms with van der Waals surface area (Å²) in [5.41, 5.74) is 0.698. The van der Waals surface area contributed by atoms with Crippen LogP contribution in [0.25, 0.3) is 0 Å². The summed E-state index contributed by atoms with van der Waals surface area (Å²) in [6.45, 7) is 1.90. The molecule has 1 atom stereocenters. The number of halogens is 3. The van der Waals surface area contributed by atoms with Crippen molar-refractivity contribution in [3.05, 3.63) is 58.1 Å². The third-order valence-electron chi connectivity index (χ3n) is 2.99. The van der Waals surface area contributed by atoms with Gasteiger partial charge in [-0.05, 0) is 66.3 Å². The second kappa shape index (κ2) is 6.33. The lowest BCUT2D eigenvalue weighted by Crippen LogP contribution is -2.13. The molecule has 1 N–H and O–H groups in total. The largest absolute Gasteiger partial charge is 0.456 e. The quantitative estimate of drug-likeness (QED) is 0.862. The summed E-state index contributed by atoms with van der Waals surface area (Å²) < 4.78 is 32.7. The molecule has 0 aliphatic carbocycles. The van der Waals surface area contributed by atoms with Gasteiger partial charge in [-0.3, -0.25) is 0 Å². The first-order chi connectivity index (χ1) is 9.51. The maximum absolute atomic E-state index is 13.4. The van der Waals surface area contributed by atoms with Gasteiger partial charge in [0.25, 0.3) is 0 Å². The Balaban J connectivity index is 2.37. The minimum atomic E-state index is -0.354. The molecule has 20 heavy (non-hydrogen) atoms. The van der Waals surface area contributed by atoms with Crippen LogP contribution in [0.3, 0.4) is 0 Å². The molecule has 0 aliphatic heterocycles. The Kier molecular flexibility index (Phi) is 4.73. The molecule has 106 valence electrons. The summed E-state index contributed by atoms with van der Waals surface area (Å²) in [7, 11) is 1.78. The maximum atomic E-state index is 13.4. The first kappa shape index (κ1) is 14.9. The van der Waals surface area contributed by atoms with Gasteiger partial charge in [0.1, 0.15) is 23.1 Å². The number of hydrogen-bond acceptors (Lipinski definition) is 2. The van der Waals surface area contributed by atoms with Gasteiger partial charge in [-0.25, -0.2) is 8.78 Å². The van der Waals surface area contributed by atoms with Gasteiger partial charge in [-0.1, -0.05) is 0 Å². The fourth-order valence-corrected chi connectivity index (χ4v) is 2.21. The van der Waals surface area contributed by atoms with Crippen molar-refractivity contribution in [3.8, 4) is 11.5 Å². The molecule has 2 aromatic rings. The topological polar surface area (TPSA) is 21.3 Å². The van der Waals surface area contributed by atoms with Crippen molar-refractivity contribution in [1.29, 1.82) is 0 Å². The van der Waals surface area contributed by atoms with Crippen molar-refractivity contribution in [2.45, 2.75) is 13.0 Å². The molecule has 0 amide bonds. The Hall–Kier alpha value is -1.46. The van der Waals surface area contributed by atoms with E-state index >= 15 is 0 Å².